The summed E-state index contributed by atoms with van der Waals surface area (Å²) in [7, 11) is 1.62. The largest absolute Gasteiger partial charge is 0.497 e. The molecule has 1 heterocycles. The van der Waals surface area contributed by atoms with Gasteiger partial charge in [-0.05, 0) is 85.5 Å². The van der Waals surface area contributed by atoms with Crippen LogP contribution >= 0.6 is 0 Å². The molecule has 0 unspecified atom stereocenters. The minimum absolute atomic E-state index is 0.121. The molecule has 0 saturated carbocycles. The summed E-state index contributed by atoms with van der Waals surface area (Å²) in [5, 5.41) is 4.19. The van der Waals surface area contributed by atoms with E-state index in [-0.39, 0.29) is 5.91 Å². The molecule has 4 heteroatoms. The Morgan fingerprint density at radius 3 is 2.48 bits per heavy atom. The van der Waals surface area contributed by atoms with Crippen molar-refractivity contribution in [3.05, 3.63) is 94.7 Å². The maximum Gasteiger partial charge on any atom is 0.255 e. The Balaban J connectivity index is 1.52. The fraction of sp³-hybridized carbons (Fsp3) is 0.160. The predicted octanol–water partition coefficient (Wildman–Crippen LogP) is 5.64. The molecule has 4 aromatic rings. The number of hydrogen-bond donors (Lipinski definition) is 2. The summed E-state index contributed by atoms with van der Waals surface area (Å²) < 4.78 is 5.15. The van der Waals surface area contributed by atoms with Crippen molar-refractivity contribution < 1.29 is 9.53 Å². The predicted molar refractivity (Wildman–Crippen MR) is 118 cm³/mol. The van der Waals surface area contributed by atoms with Crippen LogP contribution in [0.1, 0.15) is 32.7 Å². The molecule has 3 aromatic carbocycles. The van der Waals surface area contributed by atoms with Gasteiger partial charge in [-0.15, -0.1) is 0 Å². The molecule has 0 spiro atoms. The highest BCUT2D eigenvalue weighted by Gasteiger charge is 2.09. The monoisotopic (exact) mass is 384 g/mol. The highest BCUT2D eigenvalue weighted by molar-refractivity contribution is 6.04. The number of aryl methyl sites for hydroxylation is 2. The number of amides is 1. The molecular formula is C25H24N2O2. The zero-order valence-electron chi connectivity index (χ0n) is 16.9. The average Bonchev–Trinajstić information content (AvgIpc) is 3.02. The lowest BCUT2D eigenvalue weighted by molar-refractivity contribution is 0.102. The molecule has 1 aromatic heterocycles. The van der Waals surface area contributed by atoms with Gasteiger partial charge in [0.25, 0.3) is 5.91 Å². The van der Waals surface area contributed by atoms with Crippen molar-refractivity contribution >= 4 is 22.5 Å². The van der Waals surface area contributed by atoms with E-state index in [0.717, 1.165) is 28.9 Å². The number of ether oxygens (including phenoxy) is 1. The van der Waals surface area contributed by atoms with E-state index in [1.165, 1.54) is 22.2 Å². The number of methoxy groups -OCH3 is 1. The maximum atomic E-state index is 12.6. The van der Waals surface area contributed by atoms with Crippen LogP contribution in [0.25, 0.3) is 10.9 Å². The van der Waals surface area contributed by atoms with Gasteiger partial charge in [0.15, 0.2) is 0 Å². The summed E-state index contributed by atoms with van der Waals surface area (Å²) in [4.78, 5) is 16.1. The van der Waals surface area contributed by atoms with E-state index >= 15 is 0 Å². The summed E-state index contributed by atoms with van der Waals surface area (Å²) in [6, 6.07) is 21.6. The molecule has 0 radical (unpaired) electrons. The fourth-order valence-electron chi connectivity index (χ4n) is 3.55. The van der Waals surface area contributed by atoms with Crippen LogP contribution in [-0.4, -0.2) is 18.0 Å². The molecule has 0 saturated heterocycles. The first-order valence-electron chi connectivity index (χ1n) is 9.65. The van der Waals surface area contributed by atoms with Gasteiger partial charge in [-0.1, -0.05) is 18.2 Å². The third-order valence-corrected chi connectivity index (χ3v) is 5.32. The van der Waals surface area contributed by atoms with Crippen molar-refractivity contribution in [2.75, 3.05) is 12.4 Å². The van der Waals surface area contributed by atoms with Gasteiger partial charge < -0.3 is 15.0 Å². The van der Waals surface area contributed by atoms with Crippen LogP contribution in [0.4, 0.5) is 5.69 Å². The van der Waals surface area contributed by atoms with Crippen molar-refractivity contribution in [1.82, 2.24) is 4.98 Å². The van der Waals surface area contributed by atoms with Crippen molar-refractivity contribution in [1.29, 1.82) is 0 Å². The Morgan fingerprint density at radius 1 is 0.966 bits per heavy atom. The second-order valence-corrected chi connectivity index (χ2v) is 7.31. The topological polar surface area (TPSA) is 54.1 Å². The Kier molecular flexibility index (Phi) is 5.09. The minimum Gasteiger partial charge on any atom is -0.497 e. The van der Waals surface area contributed by atoms with Crippen molar-refractivity contribution in [3.8, 4) is 5.75 Å². The van der Waals surface area contributed by atoms with Crippen LogP contribution in [0.15, 0.2) is 66.7 Å². The van der Waals surface area contributed by atoms with Crippen LogP contribution in [0, 0.1) is 13.8 Å². The lowest BCUT2D eigenvalue weighted by Gasteiger charge is -2.08. The van der Waals surface area contributed by atoms with Crippen LogP contribution in [0.5, 0.6) is 5.75 Å². The number of nitrogens with one attached hydrogen (secondary N) is 2. The number of rotatable bonds is 5. The Bertz CT molecular complexity index is 1170. The fourth-order valence-corrected chi connectivity index (χ4v) is 3.55. The van der Waals surface area contributed by atoms with E-state index in [4.69, 9.17) is 4.74 Å². The SMILES string of the molecule is COc1ccc(NC(=O)c2cccc(Cc3ccc4[nH]c(C)c(C)c4c3)c2)cc1. The van der Waals surface area contributed by atoms with Gasteiger partial charge >= 0.3 is 0 Å². The van der Waals surface area contributed by atoms with Gasteiger partial charge in [0.05, 0.1) is 7.11 Å². The molecule has 0 fully saturated rings. The highest BCUT2D eigenvalue weighted by atomic mass is 16.5. The average molecular weight is 384 g/mol. The van der Waals surface area contributed by atoms with E-state index in [0.29, 0.717) is 5.56 Å². The number of carbonyl (C=O) groups excluding carboxylic acids is 1. The van der Waals surface area contributed by atoms with E-state index < -0.39 is 0 Å². The van der Waals surface area contributed by atoms with E-state index in [1.54, 1.807) is 7.11 Å². The zero-order chi connectivity index (χ0) is 20.4. The molecule has 0 aliphatic carbocycles. The summed E-state index contributed by atoms with van der Waals surface area (Å²) in [5.41, 5.74) is 7.38. The molecule has 0 aliphatic rings. The normalized spacial score (nSPS) is 10.9. The number of fused-ring (bicyclic) bond motifs is 1. The molecule has 0 bridgehead atoms. The van der Waals surface area contributed by atoms with Gasteiger partial charge in [0, 0.05) is 27.8 Å². The number of hydrogen-bond acceptors (Lipinski definition) is 2. The third kappa shape index (κ3) is 4.02. The van der Waals surface area contributed by atoms with Gasteiger partial charge in [-0.25, -0.2) is 0 Å². The Labute approximate surface area is 170 Å². The molecular weight excluding hydrogens is 360 g/mol. The number of aromatic nitrogens is 1. The molecule has 1 amide bonds. The number of aromatic amines is 1. The van der Waals surface area contributed by atoms with Crippen LogP contribution in [-0.2, 0) is 6.42 Å². The molecule has 0 atom stereocenters. The lowest BCUT2D eigenvalue weighted by atomic mass is 10.0. The summed E-state index contributed by atoms with van der Waals surface area (Å²) in [5.74, 6) is 0.638. The van der Waals surface area contributed by atoms with Crippen LogP contribution in [0.3, 0.4) is 0 Å². The third-order valence-electron chi connectivity index (χ3n) is 5.32. The van der Waals surface area contributed by atoms with Crippen molar-refractivity contribution in [2.24, 2.45) is 0 Å². The number of benzene rings is 3. The molecule has 4 rings (SSSR count). The van der Waals surface area contributed by atoms with Crippen LogP contribution < -0.4 is 10.1 Å². The number of H-pyrrole nitrogens is 1. The standard InChI is InChI=1S/C25H24N2O2/c1-16-17(2)26-24-12-7-19(15-23(16)24)13-18-5-4-6-20(14-18)25(28)27-21-8-10-22(29-3)11-9-21/h4-12,14-15,26H,13H2,1-3H3,(H,27,28). The van der Waals surface area contributed by atoms with E-state index in [1.807, 2.05) is 42.5 Å². The van der Waals surface area contributed by atoms with Gasteiger partial charge in [-0.3, -0.25) is 4.79 Å². The second kappa shape index (κ2) is 7.84. The van der Waals surface area contributed by atoms with Crippen LogP contribution in [0.2, 0.25) is 0 Å². The molecule has 0 aliphatic heterocycles. The first-order valence-corrected chi connectivity index (χ1v) is 9.65. The Morgan fingerprint density at radius 2 is 1.72 bits per heavy atom. The quantitative estimate of drug-likeness (QED) is 0.468. The first-order chi connectivity index (χ1) is 14.0. The van der Waals surface area contributed by atoms with Gasteiger partial charge in [0.1, 0.15) is 5.75 Å². The number of anilines is 1. The van der Waals surface area contributed by atoms with E-state index in [2.05, 4.69) is 48.4 Å². The van der Waals surface area contributed by atoms with E-state index in [9.17, 15) is 4.79 Å². The smallest absolute Gasteiger partial charge is 0.255 e. The van der Waals surface area contributed by atoms with Crippen molar-refractivity contribution in [3.63, 3.8) is 0 Å². The minimum atomic E-state index is -0.121. The van der Waals surface area contributed by atoms with Gasteiger partial charge in [0.2, 0.25) is 0 Å². The van der Waals surface area contributed by atoms with Crippen molar-refractivity contribution in [2.45, 2.75) is 20.3 Å². The number of carbonyl (C=O) groups is 1. The molecule has 2 N–H and O–H groups in total. The Hall–Kier alpha value is -3.53. The van der Waals surface area contributed by atoms with Gasteiger partial charge in [-0.2, -0.15) is 0 Å². The summed E-state index contributed by atoms with van der Waals surface area (Å²) >= 11 is 0. The lowest BCUT2D eigenvalue weighted by Crippen LogP contribution is -2.12. The molecule has 4 nitrogen and oxygen atoms in total. The molecule has 29 heavy (non-hydrogen) atoms. The zero-order valence-corrected chi connectivity index (χ0v) is 16.9. The summed E-state index contributed by atoms with van der Waals surface area (Å²) in [6.07, 6.45) is 0.781. The summed E-state index contributed by atoms with van der Waals surface area (Å²) in [6.45, 7) is 4.24. The second-order valence-electron chi connectivity index (χ2n) is 7.31. The maximum absolute atomic E-state index is 12.6. The first kappa shape index (κ1) is 18.8. The highest BCUT2D eigenvalue weighted by Crippen LogP contribution is 2.24. The molecule has 146 valence electrons.